The maximum atomic E-state index is 13.1. The molecular weight excluding hydrogens is 376 g/mol. The van der Waals surface area contributed by atoms with Gasteiger partial charge in [0.1, 0.15) is 0 Å². The van der Waals surface area contributed by atoms with E-state index in [1.807, 2.05) is 27.7 Å². The maximum absolute atomic E-state index is 13.1. The Bertz CT molecular complexity index is 458. The first-order chi connectivity index (χ1) is 14.0. The lowest BCUT2D eigenvalue weighted by Crippen LogP contribution is -2.44. The van der Waals surface area contributed by atoms with Gasteiger partial charge in [-0.2, -0.15) is 0 Å². The third kappa shape index (κ3) is 11.4. The molecule has 0 aromatic heterocycles. The Hall–Kier alpha value is -1.06. The van der Waals surface area contributed by atoms with Gasteiger partial charge in [-0.1, -0.05) is 93.9 Å². The minimum atomic E-state index is -0.827. The molecule has 4 heteroatoms. The minimum Gasteiger partial charge on any atom is -0.466 e. The quantitative estimate of drug-likeness (QED) is 0.182. The Labute approximate surface area is 186 Å². The van der Waals surface area contributed by atoms with E-state index in [-0.39, 0.29) is 30.2 Å². The largest absolute Gasteiger partial charge is 0.466 e. The second-order valence-corrected chi connectivity index (χ2v) is 10.4. The van der Waals surface area contributed by atoms with Crippen LogP contribution in [0.15, 0.2) is 0 Å². The molecular formula is C26H50O4. The summed E-state index contributed by atoms with van der Waals surface area (Å²) in [7, 11) is 0. The van der Waals surface area contributed by atoms with E-state index in [2.05, 4.69) is 27.7 Å². The number of hydrogen-bond acceptors (Lipinski definition) is 4. The van der Waals surface area contributed by atoms with Crippen LogP contribution in [0.2, 0.25) is 0 Å². The zero-order valence-electron chi connectivity index (χ0n) is 21.2. The fraction of sp³-hybridized carbons (Fsp3) is 0.923. The molecule has 0 aromatic carbocycles. The molecule has 0 saturated carbocycles. The fourth-order valence-electron chi connectivity index (χ4n) is 4.06. The van der Waals surface area contributed by atoms with Crippen LogP contribution in [0.4, 0.5) is 0 Å². The molecule has 0 fully saturated rings. The summed E-state index contributed by atoms with van der Waals surface area (Å²) in [6, 6.07) is 0. The van der Waals surface area contributed by atoms with Crippen molar-refractivity contribution in [1.82, 2.24) is 0 Å². The molecule has 0 aliphatic rings. The molecule has 0 atom stereocenters. The SMILES string of the molecule is CC(C)CCCCCOC(=O)CC(C(=O)OCCCCCC(C)C)(C(C)C)C(C)C. The molecule has 0 aliphatic heterocycles. The van der Waals surface area contributed by atoms with E-state index in [1.165, 1.54) is 19.3 Å². The van der Waals surface area contributed by atoms with E-state index < -0.39 is 5.41 Å². The second kappa shape index (κ2) is 15.7. The van der Waals surface area contributed by atoms with Gasteiger partial charge in [-0.15, -0.1) is 0 Å². The molecule has 4 nitrogen and oxygen atoms in total. The topological polar surface area (TPSA) is 52.6 Å². The number of carbonyl (C=O) groups is 2. The average molecular weight is 427 g/mol. The molecule has 0 spiro atoms. The highest BCUT2D eigenvalue weighted by atomic mass is 16.5. The van der Waals surface area contributed by atoms with Gasteiger partial charge in [0.15, 0.2) is 0 Å². The van der Waals surface area contributed by atoms with Crippen molar-refractivity contribution in [2.24, 2.45) is 29.1 Å². The second-order valence-electron chi connectivity index (χ2n) is 10.4. The van der Waals surface area contributed by atoms with E-state index in [4.69, 9.17) is 9.47 Å². The monoisotopic (exact) mass is 426 g/mol. The van der Waals surface area contributed by atoms with Crippen molar-refractivity contribution >= 4 is 11.9 Å². The van der Waals surface area contributed by atoms with Crippen molar-refractivity contribution in [2.75, 3.05) is 13.2 Å². The number of unbranched alkanes of at least 4 members (excludes halogenated alkanes) is 4. The summed E-state index contributed by atoms with van der Waals surface area (Å²) in [5, 5.41) is 0. The number of hydrogen-bond donors (Lipinski definition) is 0. The highest BCUT2D eigenvalue weighted by molar-refractivity contribution is 5.84. The van der Waals surface area contributed by atoms with Gasteiger partial charge in [-0.3, -0.25) is 9.59 Å². The van der Waals surface area contributed by atoms with Gasteiger partial charge < -0.3 is 9.47 Å². The van der Waals surface area contributed by atoms with E-state index >= 15 is 0 Å². The molecule has 0 aromatic rings. The molecule has 178 valence electrons. The van der Waals surface area contributed by atoms with Gasteiger partial charge in [0.05, 0.1) is 25.0 Å². The third-order valence-electron chi connectivity index (χ3n) is 6.23. The highest BCUT2D eigenvalue weighted by Crippen LogP contribution is 2.41. The average Bonchev–Trinajstić information content (AvgIpc) is 2.64. The summed E-state index contributed by atoms with van der Waals surface area (Å²) in [6.45, 7) is 17.8. The van der Waals surface area contributed by atoms with Crippen molar-refractivity contribution in [2.45, 2.75) is 113 Å². The summed E-state index contributed by atoms with van der Waals surface area (Å²) >= 11 is 0. The zero-order valence-corrected chi connectivity index (χ0v) is 21.2. The first kappa shape index (κ1) is 28.9. The number of rotatable bonds is 17. The summed E-state index contributed by atoms with van der Waals surface area (Å²) in [5.41, 5.74) is -0.827. The number of carbonyl (C=O) groups excluding carboxylic acids is 2. The van der Waals surface area contributed by atoms with E-state index in [9.17, 15) is 9.59 Å². The van der Waals surface area contributed by atoms with Crippen molar-refractivity contribution in [3.05, 3.63) is 0 Å². The molecule has 0 saturated heterocycles. The van der Waals surface area contributed by atoms with Crippen LogP contribution in [-0.2, 0) is 19.1 Å². The smallest absolute Gasteiger partial charge is 0.313 e. The van der Waals surface area contributed by atoms with Crippen LogP contribution < -0.4 is 0 Å². The lowest BCUT2D eigenvalue weighted by Gasteiger charge is -2.38. The van der Waals surface area contributed by atoms with Gasteiger partial charge in [0.2, 0.25) is 0 Å². The Balaban J connectivity index is 4.61. The Morgan fingerprint density at radius 1 is 0.633 bits per heavy atom. The molecule has 0 radical (unpaired) electrons. The summed E-state index contributed by atoms with van der Waals surface area (Å²) in [5.74, 6) is 0.907. The normalized spacial score (nSPS) is 12.3. The van der Waals surface area contributed by atoms with E-state index in [1.54, 1.807) is 0 Å². The lowest BCUT2D eigenvalue weighted by molar-refractivity contribution is -0.170. The van der Waals surface area contributed by atoms with Crippen LogP contribution in [0.5, 0.6) is 0 Å². The molecule has 0 aliphatic carbocycles. The van der Waals surface area contributed by atoms with Crippen molar-refractivity contribution < 1.29 is 19.1 Å². The lowest BCUT2D eigenvalue weighted by atomic mass is 9.66. The first-order valence-corrected chi connectivity index (χ1v) is 12.4. The van der Waals surface area contributed by atoms with Crippen LogP contribution in [-0.4, -0.2) is 25.2 Å². The van der Waals surface area contributed by atoms with Crippen LogP contribution in [0, 0.1) is 29.1 Å². The summed E-state index contributed by atoms with van der Waals surface area (Å²) in [4.78, 5) is 25.6. The Morgan fingerprint density at radius 3 is 1.47 bits per heavy atom. The van der Waals surface area contributed by atoms with E-state index in [0.29, 0.717) is 25.0 Å². The van der Waals surface area contributed by atoms with Crippen LogP contribution in [0.1, 0.15) is 113 Å². The predicted molar refractivity (Wildman–Crippen MR) is 125 cm³/mol. The number of ether oxygens (including phenoxy) is 2. The van der Waals surface area contributed by atoms with Crippen molar-refractivity contribution in [1.29, 1.82) is 0 Å². The Kier molecular flexibility index (Phi) is 15.1. The third-order valence-corrected chi connectivity index (χ3v) is 6.23. The van der Waals surface area contributed by atoms with E-state index in [0.717, 1.165) is 32.1 Å². The fourth-order valence-corrected chi connectivity index (χ4v) is 4.06. The van der Waals surface area contributed by atoms with Gasteiger partial charge in [0.25, 0.3) is 0 Å². The van der Waals surface area contributed by atoms with Crippen LogP contribution in [0.25, 0.3) is 0 Å². The maximum Gasteiger partial charge on any atom is 0.313 e. The summed E-state index contributed by atoms with van der Waals surface area (Å²) in [6.07, 6.45) is 8.76. The van der Waals surface area contributed by atoms with Gasteiger partial charge in [0, 0.05) is 0 Å². The van der Waals surface area contributed by atoms with Crippen LogP contribution in [0.3, 0.4) is 0 Å². The predicted octanol–water partition coefficient (Wildman–Crippen LogP) is 7.19. The highest BCUT2D eigenvalue weighted by Gasteiger charge is 2.48. The zero-order chi connectivity index (χ0) is 23.2. The Morgan fingerprint density at radius 2 is 1.07 bits per heavy atom. The molecule has 0 bridgehead atoms. The molecule has 0 unspecified atom stereocenters. The molecule has 0 N–H and O–H groups in total. The standard InChI is InChI=1S/C26H50O4/c1-20(2)15-11-9-13-17-29-24(27)19-26(22(5)6,23(7)8)25(28)30-18-14-10-12-16-21(3)4/h20-23H,9-19H2,1-8H3. The number of esters is 2. The van der Waals surface area contributed by atoms with Gasteiger partial charge in [-0.25, -0.2) is 0 Å². The molecule has 30 heavy (non-hydrogen) atoms. The minimum absolute atomic E-state index is 0.00420. The molecule has 0 rings (SSSR count). The van der Waals surface area contributed by atoms with Crippen molar-refractivity contribution in [3.63, 3.8) is 0 Å². The molecule has 0 amide bonds. The van der Waals surface area contributed by atoms with Crippen molar-refractivity contribution in [3.8, 4) is 0 Å². The van der Waals surface area contributed by atoms with Crippen LogP contribution >= 0.6 is 0 Å². The molecule has 0 heterocycles. The first-order valence-electron chi connectivity index (χ1n) is 12.4. The van der Waals surface area contributed by atoms with Gasteiger partial charge in [-0.05, 0) is 36.5 Å². The summed E-state index contributed by atoms with van der Waals surface area (Å²) < 4.78 is 11.2. The van der Waals surface area contributed by atoms with Gasteiger partial charge >= 0.3 is 11.9 Å².